The zero-order valence-electron chi connectivity index (χ0n) is 13.9. The quantitative estimate of drug-likeness (QED) is 0.514. The minimum atomic E-state index is -0.0571. The molecule has 124 valence electrons. The molecule has 0 radical (unpaired) electrons. The number of rotatable bonds is 2. The maximum absolute atomic E-state index is 12.8. The fourth-order valence-electron chi connectivity index (χ4n) is 3.42. The molecule has 2 aromatic heterocycles. The highest BCUT2D eigenvalue weighted by Crippen LogP contribution is 2.27. The maximum atomic E-state index is 12.8. The molecule has 0 fully saturated rings. The average molecular weight is 337 g/mol. The van der Waals surface area contributed by atoms with E-state index < -0.39 is 0 Å². The van der Waals surface area contributed by atoms with Gasteiger partial charge in [-0.1, -0.05) is 42.5 Å². The SMILES string of the molecule is O=c1cc(-c2cccc3ccccc23)ccn1-c1ccc2[nH]ncc2c1. The zero-order chi connectivity index (χ0) is 17.5. The Labute approximate surface area is 149 Å². The van der Waals surface area contributed by atoms with Gasteiger partial charge in [0.05, 0.1) is 11.7 Å². The average Bonchev–Trinajstić information content (AvgIpc) is 3.15. The van der Waals surface area contributed by atoms with E-state index in [1.165, 1.54) is 5.39 Å². The van der Waals surface area contributed by atoms with E-state index >= 15 is 0 Å². The van der Waals surface area contributed by atoms with Crippen LogP contribution in [0.25, 0.3) is 38.5 Å². The summed E-state index contributed by atoms with van der Waals surface area (Å²) in [5.74, 6) is 0. The largest absolute Gasteiger partial charge is 0.284 e. The molecule has 0 bridgehead atoms. The van der Waals surface area contributed by atoms with Gasteiger partial charge in [0.1, 0.15) is 0 Å². The van der Waals surface area contributed by atoms with Gasteiger partial charge in [0.2, 0.25) is 0 Å². The molecular formula is C22H15N3O. The Kier molecular flexibility index (Phi) is 3.22. The highest BCUT2D eigenvalue weighted by molar-refractivity contribution is 5.96. The van der Waals surface area contributed by atoms with Crippen molar-refractivity contribution in [1.82, 2.24) is 14.8 Å². The first-order chi connectivity index (χ1) is 12.8. The summed E-state index contributed by atoms with van der Waals surface area (Å²) in [7, 11) is 0. The molecule has 26 heavy (non-hydrogen) atoms. The van der Waals surface area contributed by atoms with Gasteiger partial charge in [-0.05, 0) is 46.2 Å². The highest BCUT2D eigenvalue weighted by Gasteiger charge is 2.07. The van der Waals surface area contributed by atoms with Crippen molar-refractivity contribution in [3.8, 4) is 16.8 Å². The predicted molar refractivity (Wildman–Crippen MR) is 105 cm³/mol. The third kappa shape index (κ3) is 2.31. The lowest BCUT2D eigenvalue weighted by atomic mass is 9.99. The second-order valence-corrected chi connectivity index (χ2v) is 6.29. The molecule has 3 aromatic carbocycles. The second kappa shape index (κ2) is 5.70. The number of H-pyrrole nitrogens is 1. The third-order valence-electron chi connectivity index (χ3n) is 4.72. The lowest BCUT2D eigenvalue weighted by Crippen LogP contribution is -2.16. The fraction of sp³-hybridized carbons (Fsp3) is 0. The standard InChI is InChI=1S/C22H15N3O/c26-22-13-16(20-7-3-5-15-4-1-2-6-19(15)20)10-11-25(22)18-8-9-21-17(12-18)14-23-24-21/h1-14H,(H,23,24). The van der Waals surface area contributed by atoms with Crippen LogP contribution in [0.2, 0.25) is 0 Å². The summed E-state index contributed by atoms with van der Waals surface area (Å²) < 4.78 is 1.65. The predicted octanol–water partition coefficient (Wildman–Crippen LogP) is 4.53. The summed E-state index contributed by atoms with van der Waals surface area (Å²) in [4.78, 5) is 12.8. The van der Waals surface area contributed by atoms with Crippen molar-refractivity contribution in [2.45, 2.75) is 0 Å². The van der Waals surface area contributed by atoms with Crippen LogP contribution in [0.1, 0.15) is 0 Å². The summed E-state index contributed by atoms with van der Waals surface area (Å²) in [5, 5.41) is 10.2. The fourth-order valence-corrected chi connectivity index (χ4v) is 3.42. The number of fused-ring (bicyclic) bond motifs is 2. The van der Waals surface area contributed by atoms with E-state index in [0.29, 0.717) is 0 Å². The van der Waals surface area contributed by atoms with E-state index in [1.54, 1.807) is 16.8 Å². The topological polar surface area (TPSA) is 50.7 Å². The first-order valence-corrected chi connectivity index (χ1v) is 8.44. The Hall–Kier alpha value is -3.66. The number of pyridine rings is 1. The molecular weight excluding hydrogens is 322 g/mol. The van der Waals surface area contributed by atoms with Crippen molar-refractivity contribution in [2.75, 3.05) is 0 Å². The minimum Gasteiger partial charge on any atom is -0.284 e. The minimum absolute atomic E-state index is 0.0571. The molecule has 0 saturated carbocycles. The first-order valence-electron chi connectivity index (χ1n) is 8.44. The van der Waals surface area contributed by atoms with Crippen LogP contribution in [0.3, 0.4) is 0 Å². The number of aromatic amines is 1. The van der Waals surface area contributed by atoms with E-state index in [1.807, 2.05) is 48.7 Å². The van der Waals surface area contributed by atoms with Crippen molar-refractivity contribution < 1.29 is 0 Å². The summed E-state index contributed by atoms with van der Waals surface area (Å²) in [6.45, 7) is 0. The molecule has 0 spiro atoms. The summed E-state index contributed by atoms with van der Waals surface area (Å²) in [6, 6.07) is 23.9. The molecule has 0 amide bonds. The van der Waals surface area contributed by atoms with Crippen LogP contribution in [-0.4, -0.2) is 14.8 Å². The smallest absolute Gasteiger partial charge is 0.255 e. The van der Waals surface area contributed by atoms with Crippen molar-refractivity contribution in [3.05, 3.63) is 95.5 Å². The third-order valence-corrected chi connectivity index (χ3v) is 4.72. The van der Waals surface area contributed by atoms with Crippen molar-refractivity contribution in [1.29, 1.82) is 0 Å². The zero-order valence-corrected chi connectivity index (χ0v) is 13.9. The molecule has 2 heterocycles. The Morgan fingerprint density at radius 3 is 2.65 bits per heavy atom. The van der Waals surface area contributed by atoms with Gasteiger partial charge in [-0.3, -0.25) is 14.5 Å². The van der Waals surface area contributed by atoms with Gasteiger partial charge in [-0.25, -0.2) is 0 Å². The number of hydrogen-bond acceptors (Lipinski definition) is 2. The van der Waals surface area contributed by atoms with E-state index in [0.717, 1.165) is 33.1 Å². The van der Waals surface area contributed by atoms with Crippen LogP contribution in [0.5, 0.6) is 0 Å². The Morgan fingerprint density at radius 2 is 1.73 bits per heavy atom. The molecule has 5 rings (SSSR count). The first kappa shape index (κ1) is 14.7. The molecule has 5 aromatic rings. The van der Waals surface area contributed by atoms with Crippen LogP contribution in [-0.2, 0) is 0 Å². The number of nitrogens with zero attached hydrogens (tertiary/aromatic N) is 2. The lowest BCUT2D eigenvalue weighted by Gasteiger charge is -2.10. The number of aromatic nitrogens is 3. The Morgan fingerprint density at radius 1 is 0.846 bits per heavy atom. The van der Waals surface area contributed by atoms with Crippen molar-refractivity contribution in [3.63, 3.8) is 0 Å². The summed E-state index contributed by atoms with van der Waals surface area (Å²) in [5.41, 5.74) is 3.71. The van der Waals surface area contributed by atoms with Crippen LogP contribution in [0.4, 0.5) is 0 Å². The summed E-state index contributed by atoms with van der Waals surface area (Å²) >= 11 is 0. The van der Waals surface area contributed by atoms with Crippen LogP contribution >= 0.6 is 0 Å². The Balaban J connectivity index is 1.65. The van der Waals surface area contributed by atoms with E-state index in [-0.39, 0.29) is 5.56 Å². The molecule has 0 aliphatic rings. The van der Waals surface area contributed by atoms with Gasteiger partial charge < -0.3 is 0 Å². The van der Waals surface area contributed by atoms with Gasteiger partial charge >= 0.3 is 0 Å². The molecule has 0 saturated heterocycles. The molecule has 4 nitrogen and oxygen atoms in total. The molecule has 0 aliphatic heterocycles. The normalized spacial score (nSPS) is 11.2. The van der Waals surface area contributed by atoms with E-state index in [4.69, 9.17) is 0 Å². The second-order valence-electron chi connectivity index (χ2n) is 6.29. The molecule has 0 aliphatic carbocycles. The highest BCUT2D eigenvalue weighted by atomic mass is 16.1. The number of nitrogens with one attached hydrogen (secondary N) is 1. The number of benzene rings is 3. The van der Waals surface area contributed by atoms with Gasteiger partial charge in [0, 0.05) is 23.3 Å². The lowest BCUT2D eigenvalue weighted by molar-refractivity contribution is 0.994. The van der Waals surface area contributed by atoms with Gasteiger partial charge in [-0.2, -0.15) is 5.10 Å². The molecule has 1 N–H and O–H groups in total. The molecule has 0 atom stereocenters. The Bertz CT molecular complexity index is 1310. The van der Waals surface area contributed by atoms with E-state index in [9.17, 15) is 4.79 Å². The van der Waals surface area contributed by atoms with Gasteiger partial charge in [0.15, 0.2) is 0 Å². The number of hydrogen-bond donors (Lipinski definition) is 1. The molecule has 0 unspecified atom stereocenters. The van der Waals surface area contributed by atoms with Crippen LogP contribution in [0.15, 0.2) is 90.0 Å². The van der Waals surface area contributed by atoms with Crippen molar-refractivity contribution >= 4 is 21.7 Å². The van der Waals surface area contributed by atoms with E-state index in [2.05, 4.69) is 34.5 Å². The summed E-state index contributed by atoms with van der Waals surface area (Å²) in [6.07, 6.45) is 3.59. The monoisotopic (exact) mass is 337 g/mol. The maximum Gasteiger partial charge on any atom is 0.255 e. The van der Waals surface area contributed by atoms with Gasteiger partial charge in [-0.15, -0.1) is 0 Å². The van der Waals surface area contributed by atoms with Gasteiger partial charge in [0.25, 0.3) is 5.56 Å². The van der Waals surface area contributed by atoms with Crippen molar-refractivity contribution in [2.24, 2.45) is 0 Å². The van der Waals surface area contributed by atoms with Crippen LogP contribution in [0, 0.1) is 0 Å². The molecule has 4 heteroatoms. The van der Waals surface area contributed by atoms with Crippen LogP contribution < -0.4 is 5.56 Å².